The number of aromatic nitrogens is 4. The smallest absolute Gasteiger partial charge is 0.213 e. The molecule has 0 radical (unpaired) electrons. The van der Waals surface area contributed by atoms with Gasteiger partial charge in [-0.15, -0.1) is 0 Å². The van der Waals surface area contributed by atoms with Crippen LogP contribution >= 0.6 is 0 Å². The molecule has 0 spiro atoms. The molecule has 9 nitrogen and oxygen atoms in total. The average molecular weight is 515 g/mol. The lowest BCUT2D eigenvalue weighted by Gasteiger charge is -2.50. The van der Waals surface area contributed by atoms with Crippen LogP contribution in [0.25, 0.3) is 22.3 Å². The van der Waals surface area contributed by atoms with Crippen LogP contribution in [0.15, 0.2) is 36.8 Å². The lowest BCUT2D eigenvalue weighted by atomic mass is 9.80. The van der Waals surface area contributed by atoms with E-state index in [4.69, 9.17) is 4.74 Å². The normalized spacial score (nSPS) is 17.3. The molecule has 11 heteroatoms. The summed E-state index contributed by atoms with van der Waals surface area (Å²) < 4.78 is 36.1. The van der Waals surface area contributed by atoms with Gasteiger partial charge in [-0.25, -0.2) is 13.4 Å². The lowest BCUT2D eigenvalue weighted by molar-refractivity contribution is 0.0357. The first-order valence-electron chi connectivity index (χ1n) is 12.0. The zero-order valence-corrected chi connectivity index (χ0v) is 22.9. The first kappa shape index (κ1) is 25.6. The maximum absolute atomic E-state index is 12.4. The second kappa shape index (κ2) is 9.50. The Bertz CT molecular complexity index is 1350. The third-order valence-electron chi connectivity index (χ3n) is 6.87. The maximum Gasteiger partial charge on any atom is 0.213 e. The standard InChI is InChI=1S/C24H34N6O3SSi/c1-6-34(31,32)28-16-24(17-28,19(2)13-25)30-15-21(14-27-30)22-12-20-8-7-9-26-23(20)29(22)18-33-10-11-35(3,4)5/h7-9,12,14-15,19H,6,10-11,16-18H2,1-5H3. The molecule has 1 unspecified atom stereocenters. The second-order valence-corrected chi connectivity index (χ2v) is 18.4. The highest BCUT2D eigenvalue weighted by molar-refractivity contribution is 7.89. The fourth-order valence-electron chi connectivity index (χ4n) is 4.37. The Labute approximate surface area is 208 Å². The van der Waals surface area contributed by atoms with Crippen LogP contribution in [-0.2, 0) is 27.0 Å². The molecule has 0 amide bonds. The van der Waals surface area contributed by atoms with Gasteiger partial charge in [0.2, 0.25) is 10.0 Å². The summed E-state index contributed by atoms with van der Waals surface area (Å²) in [5.74, 6) is -0.366. The molecular formula is C24H34N6O3SSi. The largest absolute Gasteiger partial charge is 0.361 e. The van der Waals surface area contributed by atoms with Gasteiger partial charge >= 0.3 is 0 Å². The molecule has 4 rings (SSSR count). The van der Waals surface area contributed by atoms with E-state index in [1.807, 2.05) is 25.3 Å². The number of fused-ring (bicyclic) bond motifs is 1. The van der Waals surface area contributed by atoms with Crippen molar-refractivity contribution in [3.8, 4) is 17.3 Å². The molecule has 0 bridgehead atoms. The number of hydrogen-bond acceptors (Lipinski definition) is 6. The van der Waals surface area contributed by atoms with E-state index in [1.165, 1.54) is 4.31 Å². The predicted octanol–water partition coefficient (Wildman–Crippen LogP) is 3.73. The summed E-state index contributed by atoms with van der Waals surface area (Å²) in [6.45, 7) is 12.0. The van der Waals surface area contributed by atoms with Gasteiger partial charge in [0, 0.05) is 51.1 Å². The van der Waals surface area contributed by atoms with Gasteiger partial charge in [-0.1, -0.05) is 19.6 Å². The second-order valence-electron chi connectivity index (χ2n) is 10.5. The van der Waals surface area contributed by atoms with Gasteiger partial charge in [0.25, 0.3) is 0 Å². The molecule has 1 fully saturated rings. The summed E-state index contributed by atoms with van der Waals surface area (Å²) in [6.07, 6.45) is 5.46. The third-order valence-corrected chi connectivity index (χ3v) is 10.3. The quantitative estimate of drug-likeness (QED) is 0.301. The van der Waals surface area contributed by atoms with Crippen LogP contribution in [0.2, 0.25) is 25.7 Å². The van der Waals surface area contributed by atoms with Crippen molar-refractivity contribution < 1.29 is 13.2 Å². The predicted molar refractivity (Wildman–Crippen MR) is 139 cm³/mol. The lowest BCUT2D eigenvalue weighted by Crippen LogP contribution is -2.67. The molecule has 35 heavy (non-hydrogen) atoms. The van der Waals surface area contributed by atoms with Gasteiger partial charge in [0.05, 0.1) is 29.6 Å². The Hall–Kier alpha value is -2.52. The van der Waals surface area contributed by atoms with Gasteiger partial charge in [-0.05, 0) is 38.1 Å². The van der Waals surface area contributed by atoms with Gasteiger partial charge in [-0.3, -0.25) is 4.68 Å². The summed E-state index contributed by atoms with van der Waals surface area (Å²) in [4.78, 5) is 4.57. The molecule has 3 aromatic heterocycles. The number of sulfonamides is 1. The first-order chi connectivity index (χ1) is 16.5. The van der Waals surface area contributed by atoms with E-state index >= 15 is 0 Å². The Balaban J connectivity index is 1.65. The monoisotopic (exact) mass is 514 g/mol. The van der Waals surface area contributed by atoms with Crippen molar-refractivity contribution in [1.82, 2.24) is 23.6 Å². The number of rotatable bonds is 10. The number of ether oxygens (including phenoxy) is 1. The van der Waals surface area contributed by atoms with E-state index in [9.17, 15) is 13.7 Å². The van der Waals surface area contributed by atoms with E-state index in [2.05, 4.69) is 46.4 Å². The molecule has 0 saturated carbocycles. The summed E-state index contributed by atoms with van der Waals surface area (Å²) in [5.41, 5.74) is 1.94. The van der Waals surface area contributed by atoms with Crippen molar-refractivity contribution in [2.24, 2.45) is 5.92 Å². The maximum atomic E-state index is 12.4. The highest BCUT2D eigenvalue weighted by Crippen LogP contribution is 2.39. The number of nitrogens with zero attached hydrogens (tertiary/aromatic N) is 6. The van der Waals surface area contributed by atoms with Crippen LogP contribution in [0.3, 0.4) is 0 Å². The van der Waals surface area contributed by atoms with Crippen LogP contribution in [0.4, 0.5) is 0 Å². The average Bonchev–Trinajstić information content (AvgIpc) is 3.40. The Morgan fingerprint density at radius 3 is 2.71 bits per heavy atom. The minimum Gasteiger partial charge on any atom is -0.361 e. The molecule has 0 aromatic carbocycles. The molecule has 0 N–H and O–H groups in total. The molecule has 1 aliphatic heterocycles. The van der Waals surface area contributed by atoms with Crippen molar-refractivity contribution in [2.75, 3.05) is 25.4 Å². The molecule has 1 atom stereocenters. The van der Waals surface area contributed by atoms with Crippen LogP contribution in [0.1, 0.15) is 13.8 Å². The van der Waals surface area contributed by atoms with Crippen molar-refractivity contribution >= 4 is 29.1 Å². The highest BCUT2D eigenvalue weighted by atomic mass is 32.2. The third kappa shape index (κ3) is 4.93. The summed E-state index contributed by atoms with van der Waals surface area (Å²) in [7, 11) is -4.52. The fourth-order valence-corrected chi connectivity index (χ4v) is 6.33. The molecule has 4 heterocycles. The van der Waals surface area contributed by atoms with E-state index in [-0.39, 0.29) is 18.8 Å². The molecule has 1 saturated heterocycles. The van der Waals surface area contributed by atoms with Crippen molar-refractivity contribution in [3.63, 3.8) is 0 Å². The summed E-state index contributed by atoms with van der Waals surface area (Å²) >= 11 is 0. The van der Waals surface area contributed by atoms with Crippen molar-refractivity contribution in [2.45, 2.75) is 51.8 Å². The van der Waals surface area contributed by atoms with Gasteiger partial charge in [0.1, 0.15) is 17.9 Å². The van der Waals surface area contributed by atoms with E-state index in [1.54, 1.807) is 24.0 Å². The van der Waals surface area contributed by atoms with Crippen LogP contribution < -0.4 is 0 Å². The topological polar surface area (TPSA) is 106 Å². The van der Waals surface area contributed by atoms with E-state index in [0.717, 1.165) is 28.3 Å². The molecular weight excluding hydrogens is 480 g/mol. The molecule has 188 valence electrons. The van der Waals surface area contributed by atoms with E-state index in [0.29, 0.717) is 13.3 Å². The number of nitriles is 1. The number of pyridine rings is 1. The van der Waals surface area contributed by atoms with Gasteiger partial charge in [0.15, 0.2) is 0 Å². The molecule has 1 aliphatic rings. The molecule has 3 aromatic rings. The minimum atomic E-state index is -3.32. The van der Waals surface area contributed by atoms with Crippen molar-refractivity contribution in [1.29, 1.82) is 5.26 Å². The Kier molecular flexibility index (Phi) is 6.94. The molecule has 0 aliphatic carbocycles. The Morgan fingerprint density at radius 1 is 1.31 bits per heavy atom. The highest BCUT2D eigenvalue weighted by Gasteiger charge is 2.53. The van der Waals surface area contributed by atoms with E-state index < -0.39 is 29.6 Å². The SMILES string of the molecule is CCS(=O)(=O)N1CC(C(C)C#N)(n2cc(-c3cc4cccnc4n3COCC[Si](C)(C)C)cn2)C1. The van der Waals surface area contributed by atoms with Gasteiger partial charge < -0.3 is 9.30 Å². The van der Waals surface area contributed by atoms with Crippen LogP contribution in [0, 0.1) is 17.2 Å². The Morgan fingerprint density at radius 2 is 2.06 bits per heavy atom. The fraction of sp³-hybridized carbons (Fsp3) is 0.542. The number of hydrogen-bond donors (Lipinski definition) is 0. The van der Waals surface area contributed by atoms with Crippen LogP contribution in [-0.4, -0.2) is 65.6 Å². The van der Waals surface area contributed by atoms with Crippen LogP contribution in [0.5, 0.6) is 0 Å². The van der Waals surface area contributed by atoms with Crippen molar-refractivity contribution in [3.05, 3.63) is 36.8 Å². The summed E-state index contributed by atoms with van der Waals surface area (Å²) in [5, 5.41) is 15.3. The first-order valence-corrected chi connectivity index (χ1v) is 17.3. The van der Waals surface area contributed by atoms with Gasteiger partial charge in [-0.2, -0.15) is 14.7 Å². The minimum absolute atomic E-state index is 0.0409. The zero-order valence-electron chi connectivity index (χ0n) is 21.1. The summed E-state index contributed by atoms with van der Waals surface area (Å²) in [6, 6.07) is 9.39. The zero-order chi connectivity index (χ0) is 25.4.